The van der Waals surface area contributed by atoms with Gasteiger partial charge in [-0.15, -0.1) is 13.2 Å². The molecule has 1 amide bonds. The van der Waals surface area contributed by atoms with E-state index in [0.717, 1.165) is 37.9 Å². The van der Waals surface area contributed by atoms with Crippen molar-refractivity contribution in [3.8, 4) is 0 Å². The summed E-state index contributed by atoms with van der Waals surface area (Å²) in [5, 5.41) is 2.79. The van der Waals surface area contributed by atoms with E-state index in [1.165, 1.54) is 18.4 Å². The van der Waals surface area contributed by atoms with Gasteiger partial charge in [-0.05, 0) is 69.7 Å². The Morgan fingerprint density at radius 2 is 2.15 bits per heavy atom. The fourth-order valence-electron chi connectivity index (χ4n) is 3.93. The van der Waals surface area contributed by atoms with Crippen molar-refractivity contribution >= 4 is 5.91 Å². The van der Waals surface area contributed by atoms with Crippen molar-refractivity contribution in [1.82, 2.24) is 10.2 Å². The van der Waals surface area contributed by atoms with Gasteiger partial charge in [0.2, 0.25) is 5.91 Å². The number of hydrogen-bond donors (Lipinski definition) is 1. The van der Waals surface area contributed by atoms with E-state index in [2.05, 4.69) is 42.5 Å². The minimum absolute atomic E-state index is 0.0500. The predicted molar refractivity (Wildman–Crippen MR) is 112 cm³/mol. The van der Waals surface area contributed by atoms with Crippen LogP contribution in [0.2, 0.25) is 0 Å². The Balaban J connectivity index is 2.15. The van der Waals surface area contributed by atoms with Crippen LogP contribution in [0.25, 0.3) is 0 Å². The van der Waals surface area contributed by atoms with Crippen molar-refractivity contribution in [1.29, 1.82) is 0 Å². The van der Waals surface area contributed by atoms with Crippen LogP contribution in [-0.4, -0.2) is 43.6 Å². The van der Waals surface area contributed by atoms with Crippen LogP contribution < -0.4 is 5.32 Å². The number of rotatable bonds is 10. The maximum atomic E-state index is 12.4. The first-order valence-electron chi connectivity index (χ1n) is 10.2. The van der Waals surface area contributed by atoms with Gasteiger partial charge in [-0.2, -0.15) is 0 Å². The summed E-state index contributed by atoms with van der Waals surface area (Å²) in [7, 11) is 3.71. The van der Waals surface area contributed by atoms with Gasteiger partial charge in [0.25, 0.3) is 0 Å². The molecular formula is C23H36N2O2. The summed E-state index contributed by atoms with van der Waals surface area (Å²) < 4.78 is 6.24. The van der Waals surface area contributed by atoms with Crippen LogP contribution >= 0.6 is 0 Å². The van der Waals surface area contributed by atoms with E-state index in [9.17, 15) is 4.79 Å². The number of amides is 1. The third-order valence-electron chi connectivity index (χ3n) is 5.98. The third-order valence-corrected chi connectivity index (χ3v) is 5.98. The lowest BCUT2D eigenvalue weighted by molar-refractivity contribution is -0.125. The lowest BCUT2D eigenvalue weighted by Gasteiger charge is -2.36. The van der Waals surface area contributed by atoms with Gasteiger partial charge in [0.15, 0.2) is 0 Å². The number of likely N-dealkylation sites (N-methyl/N-ethyl adjacent to an activating group) is 2. The molecule has 2 atom stereocenters. The molecular weight excluding hydrogens is 336 g/mol. The summed E-state index contributed by atoms with van der Waals surface area (Å²) in [6, 6.07) is -0.173. The maximum absolute atomic E-state index is 12.4. The second-order valence-electron chi connectivity index (χ2n) is 8.04. The zero-order chi connectivity index (χ0) is 19.9. The molecule has 0 radical (unpaired) electrons. The predicted octanol–water partition coefficient (Wildman–Crippen LogP) is 4.36. The average molecular weight is 373 g/mol. The van der Waals surface area contributed by atoms with Crippen molar-refractivity contribution < 1.29 is 9.53 Å². The number of carbonyl (C=O) groups is 1. The molecule has 1 N–H and O–H groups in total. The Morgan fingerprint density at radius 1 is 1.44 bits per heavy atom. The molecule has 0 aromatic carbocycles. The Hall–Kier alpha value is -1.81. The molecule has 0 aliphatic heterocycles. The second kappa shape index (κ2) is 9.93. The van der Waals surface area contributed by atoms with Crippen LogP contribution in [0.3, 0.4) is 0 Å². The summed E-state index contributed by atoms with van der Waals surface area (Å²) >= 11 is 0. The van der Waals surface area contributed by atoms with Crippen LogP contribution in [0, 0.1) is 5.41 Å². The van der Waals surface area contributed by atoms with Crippen molar-refractivity contribution in [2.75, 3.05) is 20.6 Å². The molecule has 2 rings (SSSR count). The molecule has 1 saturated carbocycles. The van der Waals surface area contributed by atoms with Gasteiger partial charge >= 0.3 is 0 Å². The molecule has 2 aliphatic rings. The monoisotopic (exact) mass is 372 g/mol. The van der Waals surface area contributed by atoms with E-state index in [1.807, 2.05) is 19.2 Å². The highest BCUT2D eigenvalue weighted by molar-refractivity contribution is 5.81. The van der Waals surface area contributed by atoms with Gasteiger partial charge in [0.05, 0.1) is 12.1 Å². The van der Waals surface area contributed by atoms with E-state index in [-0.39, 0.29) is 17.4 Å². The fraction of sp³-hybridized carbons (Fsp3) is 0.609. The highest BCUT2D eigenvalue weighted by Gasteiger charge is 2.32. The molecule has 0 spiro atoms. The summed E-state index contributed by atoms with van der Waals surface area (Å²) in [5.74, 6) is 1.03. The highest BCUT2D eigenvalue weighted by Crippen LogP contribution is 2.39. The Labute approximate surface area is 165 Å². The minimum atomic E-state index is -0.173. The van der Waals surface area contributed by atoms with Crippen LogP contribution in [0.5, 0.6) is 0 Å². The standard InChI is InChI=1S/C23H36N2O2/c1-6-8-13-21(22(26)24-4)25(5)17-18-16-20(14-15-23(18,3)7-2)27-19-11-9-10-12-19/h6-7,14,16,19,21H,1-2,8-13,15,17H2,3-5H3,(H,24,26). The molecule has 1 fully saturated rings. The quantitative estimate of drug-likeness (QED) is 0.579. The molecule has 4 heteroatoms. The molecule has 4 nitrogen and oxygen atoms in total. The lowest BCUT2D eigenvalue weighted by atomic mass is 9.76. The van der Waals surface area contributed by atoms with E-state index in [1.54, 1.807) is 7.05 Å². The lowest BCUT2D eigenvalue weighted by Crippen LogP contribution is -2.45. The van der Waals surface area contributed by atoms with E-state index >= 15 is 0 Å². The fourth-order valence-corrected chi connectivity index (χ4v) is 3.93. The third kappa shape index (κ3) is 5.58. The van der Waals surface area contributed by atoms with Crippen LogP contribution in [0.1, 0.15) is 51.9 Å². The highest BCUT2D eigenvalue weighted by atomic mass is 16.5. The molecule has 2 aliphatic carbocycles. The van der Waals surface area contributed by atoms with Crippen molar-refractivity contribution in [2.45, 2.75) is 64.0 Å². The first kappa shape index (κ1) is 21.5. The number of hydrogen-bond acceptors (Lipinski definition) is 3. The van der Waals surface area contributed by atoms with Crippen molar-refractivity contribution in [3.63, 3.8) is 0 Å². The molecule has 0 heterocycles. The van der Waals surface area contributed by atoms with Gasteiger partial charge in [-0.25, -0.2) is 0 Å². The smallest absolute Gasteiger partial charge is 0.237 e. The Kier molecular flexibility index (Phi) is 7.91. The summed E-state index contributed by atoms with van der Waals surface area (Å²) in [5.41, 5.74) is 1.14. The van der Waals surface area contributed by atoms with Gasteiger partial charge in [-0.1, -0.05) is 19.1 Å². The SMILES string of the molecule is C=CCCC(C(=O)NC)N(C)CC1=CC(OC2CCCC2)=CCC1(C)C=C. The zero-order valence-electron chi connectivity index (χ0n) is 17.3. The summed E-state index contributed by atoms with van der Waals surface area (Å²) in [6.07, 6.45) is 15.9. The Bertz CT molecular complexity index is 601. The number of allylic oxidation sites excluding steroid dienone is 4. The molecule has 27 heavy (non-hydrogen) atoms. The van der Waals surface area contributed by atoms with Gasteiger partial charge < -0.3 is 10.1 Å². The molecule has 0 aromatic heterocycles. The van der Waals surface area contributed by atoms with Crippen molar-refractivity contribution in [2.24, 2.45) is 5.41 Å². The molecule has 0 aromatic rings. The molecule has 2 unspecified atom stereocenters. The van der Waals surface area contributed by atoms with Crippen LogP contribution in [-0.2, 0) is 9.53 Å². The largest absolute Gasteiger partial charge is 0.491 e. The number of carbonyl (C=O) groups excluding carboxylic acids is 1. The van der Waals surface area contributed by atoms with Crippen LogP contribution in [0.15, 0.2) is 48.8 Å². The van der Waals surface area contributed by atoms with Gasteiger partial charge in [0, 0.05) is 19.0 Å². The summed E-state index contributed by atoms with van der Waals surface area (Å²) in [6.45, 7) is 10.8. The normalized spacial score (nSPS) is 24.1. The number of nitrogens with one attached hydrogen (secondary N) is 1. The maximum Gasteiger partial charge on any atom is 0.237 e. The molecule has 0 bridgehead atoms. The molecule has 150 valence electrons. The zero-order valence-corrected chi connectivity index (χ0v) is 17.3. The van der Waals surface area contributed by atoms with E-state index in [4.69, 9.17) is 4.74 Å². The van der Waals surface area contributed by atoms with E-state index in [0.29, 0.717) is 12.6 Å². The second-order valence-corrected chi connectivity index (χ2v) is 8.04. The van der Waals surface area contributed by atoms with Gasteiger partial charge in [-0.3, -0.25) is 9.69 Å². The average Bonchev–Trinajstić information content (AvgIpc) is 3.17. The van der Waals surface area contributed by atoms with Crippen LogP contribution in [0.4, 0.5) is 0 Å². The molecule has 0 saturated heterocycles. The topological polar surface area (TPSA) is 41.6 Å². The first-order chi connectivity index (χ1) is 12.9. The van der Waals surface area contributed by atoms with Crippen molar-refractivity contribution in [3.05, 3.63) is 48.8 Å². The van der Waals surface area contributed by atoms with Gasteiger partial charge in [0.1, 0.15) is 5.76 Å². The summed E-state index contributed by atoms with van der Waals surface area (Å²) in [4.78, 5) is 14.5. The van der Waals surface area contributed by atoms with E-state index < -0.39 is 0 Å². The first-order valence-corrected chi connectivity index (χ1v) is 10.2. The number of nitrogens with zero attached hydrogens (tertiary/aromatic N) is 1. The Morgan fingerprint density at radius 3 is 2.74 bits per heavy atom. The minimum Gasteiger partial charge on any atom is -0.491 e. The number of ether oxygens (including phenoxy) is 1.